The summed E-state index contributed by atoms with van der Waals surface area (Å²) in [4.78, 5) is 23.7. The summed E-state index contributed by atoms with van der Waals surface area (Å²) in [5.74, 6) is -0.444. The number of esters is 1. The van der Waals surface area contributed by atoms with Crippen LogP contribution in [0.25, 0.3) is 5.69 Å². The minimum absolute atomic E-state index is 0.215. The number of carbonyl (C=O) groups excluding carboxylic acids is 2. The number of benzene rings is 1. The standard InChI is InChI=1S/C21H26N4O3/c1-2-28-20(26)19-13-15-25(24-19)18-10-8-17(9-11-18)23-21(27)22-14-12-16-6-4-3-5-7-16/h6,8-11,13,15H,2-5,7,12,14H2,1H3,(H2,22,23,27). The van der Waals surface area contributed by atoms with E-state index in [9.17, 15) is 9.59 Å². The number of rotatable bonds is 7. The van der Waals surface area contributed by atoms with E-state index in [1.165, 1.54) is 18.4 Å². The summed E-state index contributed by atoms with van der Waals surface area (Å²) in [7, 11) is 0. The molecular formula is C21H26N4O3. The molecule has 1 aliphatic rings. The third-order valence-electron chi connectivity index (χ3n) is 4.58. The fourth-order valence-corrected chi connectivity index (χ4v) is 3.12. The summed E-state index contributed by atoms with van der Waals surface area (Å²) in [6, 6.07) is 8.63. The Hall–Kier alpha value is -3.09. The number of amides is 2. The number of hydrogen-bond donors (Lipinski definition) is 2. The quantitative estimate of drug-likeness (QED) is 0.559. The lowest BCUT2D eigenvalue weighted by Crippen LogP contribution is -2.29. The van der Waals surface area contributed by atoms with Gasteiger partial charge in [0, 0.05) is 18.4 Å². The van der Waals surface area contributed by atoms with Gasteiger partial charge in [0.05, 0.1) is 12.3 Å². The van der Waals surface area contributed by atoms with Gasteiger partial charge in [-0.25, -0.2) is 14.3 Å². The van der Waals surface area contributed by atoms with E-state index in [-0.39, 0.29) is 11.7 Å². The Balaban J connectivity index is 1.49. The molecule has 0 unspecified atom stereocenters. The molecule has 1 aliphatic carbocycles. The number of hydrogen-bond acceptors (Lipinski definition) is 4. The van der Waals surface area contributed by atoms with E-state index in [2.05, 4.69) is 21.8 Å². The van der Waals surface area contributed by atoms with E-state index in [1.54, 1.807) is 36.0 Å². The van der Waals surface area contributed by atoms with Gasteiger partial charge in [0.2, 0.25) is 0 Å². The van der Waals surface area contributed by atoms with Crippen molar-refractivity contribution in [1.29, 1.82) is 0 Å². The Kier molecular flexibility index (Phi) is 6.84. The summed E-state index contributed by atoms with van der Waals surface area (Å²) < 4.78 is 6.53. The third-order valence-corrected chi connectivity index (χ3v) is 4.58. The van der Waals surface area contributed by atoms with E-state index in [0.717, 1.165) is 24.9 Å². The predicted molar refractivity (Wildman–Crippen MR) is 108 cm³/mol. The SMILES string of the molecule is CCOC(=O)c1ccn(-c2ccc(NC(=O)NCCC3=CCCCC3)cc2)n1. The molecule has 0 radical (unpaired) electrons. The van der Waals surface area contributed by atoms with Gasteiger partial charge in [0.15, 0.2) is 5.69 Å². The number of carbonyl (C=O) groups is 2. The molecule has 0 spiro atoms. The van der Waals surface area contributed by atoms with Gasteiger partial charge in [0.25, 0.3) is 0 Å². The average molecular weight is 382 g/mol. The first-order chi connectivity index (χ1) is 13.7. The maximum Gasteiger partial charge on any atom is 0.358 e. The molecule has 7 heteroatoms. The molecular weight excluding hydrogens is 356 g/mol. The van der Waals surface area contributed by atoms with Gasteiger partial charge in [0.1, 0.15) is 0 Å². The topological polar surface area (TPSA) is 85.2 Å². The molecule has 3 rings (SSSR count). The highest BCUT2D eigenvalue weighted by Gasteiger charge is 2.11. The average Bonchev–Trinajstić information content (AvgIpc) is 3.20. The molecule has 0 saturated carbocycles. The van der Waals surface area contributed by atoms with Crippen LogP contribution in [-0.2, 0) is 4.74 Å². The number of nitrogens with one attached hydrogen (secondary N) is 2. The number of aromatic nitrogens is 2. The zero-order valence-electron chi connectivity index (χ0n) is 16.1. The number of nitrogens with zero attached hydrogens (tertiary/aromatic N) is 2. The van der Waals surface area contributed by atoms with Crippen LogP contribution in [-0.4, -0.2) is 34.9 Å². The number of anilines is 1. The van der Waals surface area contributed by atoms with Crippen molar-refractivity contribution in [2.24, 2.45) is 0 Å². The number of ether oxygens (including phenoxy) is 1. The van der Waals surface area contributed by atoms with Crippen molar-refractivity contribution in [3.05, 3.63) is 53.9 Å². The molecule has 148 valence electrons. The summed E-state index contributed by atoms with van der Waals surface area (Å²) in [6.45, 7) is 2.70. The van der Waals surface area contributed by atoms with Gasteiger partial charge in [-0.1, -0.05) is 11.6 Å². The third kappa shape index (κ3) is 5.45. The summed E-state index contributed by atoms with van der Waals surface area (Å²) in [5.41, 5.74) is 3.18. The van der Waals surface area contributed by atoms with Gasteiger partial charge < -0.3 is 15.4 Å². The molecule has 7 nitrogen and oxygen atoms in total. The normalized spacial score (nSPS) is 13.5. The monoisotopic (exact) mass is 382 g/mol. The number of urea groups is 1. The predicted octanol–water partition coefficient (Wildman–Crippen LogP) is 4.06. The fourth-order valence-electron chi connectivity index (χ4n) is 3.12. The molecule has 1 aromatic carbocycles. The van der Waals surface area contributed by atoms with Gasteiger partial charge in [-0.2, -0.15) is 5.10 Å². The summed E-state index contributed by atoms with van der Waals surface area (Å²) >= 11 is 0. The first-order valence-electron chi connectivity index (χ1n) is 9.71. The van der Waals surface area contributed by atoms with Crippen molar-refractivity contribution >= 4 is 17.7 Å². The highest BCUT2D eigenvalue weighted by molar-refractivity contribution is 5.89. The maximum atomic E-state index is 12.0. The lowest BCUT2D eigenvalue weighted by Gasteiger charge is -2.13. The molecule has 2 N–H and O–H groups in total. The van der Waals surface area contributed by atoms with E-state index in [0.29, 0.717) is 18.8 Å². The van der Waals surface area contributed by atoms with Gasteiger partial charge in [-0.15, -0.1) is 0 Å². The van der Waals surface area contributed by atoms with E-state index >= 15 is 0 Å². The Morgan fingerprint density at radius 3 is 2.71 bits per heavy atom. The van der Waals surface area contributed by atoms with Gasteiger partial charge in [-0.05, 0) is 69.4 Å². The minimum atomic E-state index is -0.444. The molecule has 0 atom stereocenters. The zero-order valence-corrected chi connectivity index (χ0v) is 16.1. The van der Waals surface area contributed by atoms with Crippen LogP contribution in [0.2, 0.25) is 0 Å². The lowest BCUT2D eigenvalue weighted by molar-refractivity contribution is 0.0519. The first kappa shape index (κ1) is 19.7. The second kappa shape index (κ2) is 9.73. The second-order valence-electron chi connectivity index (χ2n) is 6.65. The highest BCUT2D eigenvalue weighted by Crippen LogP contribution is 2.19. The molecule has 0 aliphatic heterocycles. The molecule has 0 saturated heterocycles. The molecule has 28 heavy (non-hydrogen) atoms. The van der Waals surface area contributed by atoms with Crippen molar-refractivity contribution in [3.63, 3.8) is 0 Å². The molecule has 0 fully saturated rings. The smallest absolute Gasteiger partial charge is 0.358 e. The van der Waals surface area contributed by atoms with Crippen molar-refractivity contribution < 1.29 is 14.3 Å². The van der Waals surface area contributed by atoms with Gasteiger partial charge >= 0.3 is 12.0 Å². The van der Waals surface area contributed by atoms with E-state index < -0.39 is 5.97 Å². The Morgan fingerprint density at radius 1 is 1.18 bits per heavy atom. The summed E-state index contributed by atoms with van der Waals surface area (Å²) in [6.07, 6.45) is 9.74. The van der Waals surface area contributed by atoms with Gasteiger partial charge in [-0.3, -0.25) is 0 Å². The fraction of sp³-hybridized carbons (Fsp3) is 0.381. The van der Waals surface area contributed by atoms with Crippen molar-refractivity contribution in [1.82, 2.24) is 15.1 Å². The molecule has 1 heterocycles. The van der Waals surface area contributed by atoms with Crippen LogP contribution in [0.1, 0.15) is 49.5 Å². The van der Waals surface area contributed by atoms with Crippen LogP contribution in [0, 0.1) is 0 Å². The Labute approximate surface area is 164 Å². The van der Waals surface area contributed by atoms with Crippen molar-refractivity contribution in [3.8, 4) is 5.69 Å². The minimum Gasteiger partial charge on any atom is -0.461 e. The Bertz CT molecular complexity index is 840. The van der Waals surface area contributed by atoms with Crippen molar-refractivity contribution in [2.75, 3.05) is 18.5 Å². The summed E-state index contributed by atoms with van der Waals surface area (Å²) in [5, 5.41) is 9.93. The maximum absolute atomic E-state index is 12.0. The van der Waals surface area contributed by atoms with Crippen LogP contribution >= 0.6 is 0 Å². The molecule has 1 aromatic heterocycles. The van der Waals surface area contributed by atoms with E-state index in [1.807, 2.05) is 12.1 Å². The van der Waals surface area contributed by atoms with Crippen molar-refractivity contribution in [2.45, 2.75) is 39.0 Å². The van der Waals surface area contributed by atoms with E-state index in [4.69, 9.17) is 4.74 Å². The van der Waals surface area contributed by atoms with Crippen LogP contribution in [0.15, 0.2) is 48.2 Å². The van der Waals surface area contributed by atoms with Crippen LogP contribution in [0.5, 0.6) is 0 Å². The molecule has 0 bridgehead atoms. The first-order valence-corrected chi connectivity index (χ1v) is 9.71. The number of allylic oxidation sites excluding steroid dienone is 1. The highest BCUT2D eigenvalue weighted by atomic mass is 16.5. The zero-order chi connectivity index (χ0) is 19.8. The largest absolute Gasteiger partial charge is 0.461 e. The lowest BCUT2D eigenvalue weighted by atomic mass is 9.97. The molecule has 2 amide bonds. The van der Waals surface area contributed by atoms with Crippen LogP contribution in [0.3, 0.4) is 0 Å². The van der Waals surface area contributed by atoms with Crippen LogP contribution < -0.4 is 10.6 Å². The Morgan fingerprint density at radius 2 is 2.00 bits per heavy atom. The van der Waals surface area contributed by atoms with Crippen LogP contribution in [0.4, 0.5) is 10.5 Å². The molecule has 2 aromatic rings. The second-order valence-corrected chi connectivity index (χ2v) is 6.65.